The Kier molecular flexibility index (Phi) is 7.21. The van der Waals surface area contributed by atoms with Crippen molar-refractivity contribution in [3.05, 3.63) is 70.5 Å². The largest absolute Gasteiger partial charge is 0.493 e. The molecule has 0 aliphatic heterocycles. The van der Waals surface area contributed by atoms with Gasteiger partial charge in [0.25, 0.3) is 5.91 Å². The molecule has 2 aromatic carbocycles. The molecule has 0 unspecified atom stereocenters. The predicted octanol–water partition coefficient (Wildman–Crippen LogP) is 4.82. The second-order valence-electron chi connectivity index (χ2n) is 5.49. The minimum absolute atomic E-state index is 0.144. The number of carbonyl (C=O) groups is 1. The Balaban J connectivity index is 2.35. The van der Waals surface area contributed by atoms with Crippen LogP contribution in [0.15, 0.2) is 53.5 Å². The van der Waals surface area contributed by atoms with E-state index >= 15 is 0 Å². The molecule has 0 spiro atoms. The number of amides is 1. The number of halogens is 2. The van der Waals surface area contributed by atoms with Crippen LogP contribution < -0.4 is 9.47 Å². The summed E-state index contributed by atoms with van der Waals surface area (Å²) < 4.78 is 25.5. The Morgan fingerprint density at radius 3 is 2.69 bits per heavy atom. The van der Waals surface area contributed by atoms with Gasteiger partial charge in [-0.1, -0.05) is 24.3 Å². The lowest BCUT2D eigenvalue weighted by atomic mass is 10.1. The van der Waals surface area contributed by atoms with Crippen molar-refractivity contribution in [1.82, 2.24) is 4.90 Å². The van der Waals surface area contributed by atoms with Gasteiger partial charge in [-0.05, 0) is 41.1 Å². The SMILES string of the molecule is C=CCN(Cc1ccccc1F)C(=O)c1cc(Br)c(OCC)c(OC)c1. The van der Waals surface area contributed by atoms with Gasteiger partial charge in [-0.25, -0.2) is 4.39 Å². The smallest absolute Gasteiger partial charge is 0.254 e. The van der Waals surface area contributed by atoms with E-state index in [1.807, 2.05) is 6.92 Å². The third-order valence-electron chi connectivity index (χ3n) is 3.72. The van der Waals surface area contributed by atoms with E-state index in [0.717, 1.165) is 0 Å². The van der Waals surface area contributed by atoms with Crippen LogP contribution in [0.3, 0.4) is 0 Å². The van der Waals surface area contributed by atoms with Crippen LogP contribution in [0.5, 0.6) is 11.5 Å². The molecule has 26 heavy (non-hydrogen) atoms. The van der Waals surface area contributed by atoms with E-state index in [-0.39, 0.29) is 18.3 Å². The number of rotatable bonds is 8. The summed E-state index contributed by atoms with van der Waals surface area (Å²) in [6, 6.07) is 9.69. The first-order valence-electron chi connectivity index (χ1n) is 8.15. The maximum Gasteiger partial charge on any atom is 0.254 e. The van der Waals surface area contributed by atoms with E-state index in [1.54, 1.807) is 36.4 Å². The number of methoxy groups -OCH3 is 1. The number of hydrogen-bond donors (Lipinski definition) is 0. The molecule has 0 aromatic heterocycles. The summed E-state index contributed by atoms with van der Waals surface area (Å²) in [5, 5.41) is 0. The first-order chi connectivity index (χ1) is 12.5. The van der Waals surface area contributed by atoms with Gasteiger partial charge < -0.3 is 14.4 Å². The number of nitrogens with zero attached hydrogens (tertiary/aromatic N) is 1. The van der Waals surface area contributed by atoms with Crippen molar-refractivity contribution in [2.24, 2.45) is 0 Å². The highest BCUT2D eigenvalue weighted by Crippen LogP contribution is 2.37. The van der Waals surface area contributed by atoms with Crippen molar-refractivity contribution >= 4 is 21.8 Å². The molecule has 0 bridgehead atoms. The molecule has 0 heterocycles. The molecule has 0 saturated carbocycles. The van der Waals surface area contributed by atoms with E-state index in [2.05, 4.69) is 22.5 Å². The van der Waals surface area contributed by atoms with Gasteiger partial charge in [0, 0.05) is 24.2 Å². The monoisotopic (exact) mass is 421 g/mol. The maximum atomic E-state index is 14.0. The molecular formula is C20H21BrFNO3. The van der Waals surface area contributed by atoms with Crippen molar-refractivity contribution in [3.8, 4) is 11.5 Å². The van der Waals surface area contributed by atoms with Crippen molar-refractivity contribution < 1.29 is 18.7 Å². The van der Waals surface area contributed by atoms with Crippen LogP contribution >= 0.6 is 15.9 Å². The molecule has 0 radical (unpaired) electrons. The quantitative estimate of drug-likeness (QED) is 0.573. The Labute approximate surface area is 161 Å². The highest BCUT2D eigenvalue weighted by atomic mass is 79.9. The normalized spacial score (nSPS) is 10.3. The van der Waals surface area contributed by atoms with Gasteiger partial charge in [0.2, 0.25) is 0 Å². The van der Waals surface area contributed by atoms with Gasteiger partial charge in [-0.2, -0.15) is 0 Å². The summed E-state index contributed by atoms with van der Waals surface area (Å²) >= 11 is 3.42. The Bertz CT molecular complexity index is 795. The van der Waals surface area contributed by atoms with E-state index < -0.39 is 0 Å². The van der Waals surface area contributed by atoms with Crippen molar-refractivity contribution in [3.63, 3.8) is 0 Å². The fraction of sp³-hybridized carbons (Fsp3) is 0.250. The molecule has 6 heteroatoms. The number of benzene rings is 2. The molecule has 0 saturated heterocycles. The second kappa shape index (κ2) is 9.38. The average Bonchev–Trinajstić information content (AvgIpc) is 2.64. The van der Waals surface area contributed by atoms with Gasteiger partial charge in [0.15, 0.2) is 11.5 Å². The molecule has 1 amide bonds. The number of hydrogen-bond acceptors (Lipinski definition) is 3. The molecule has 2 aromatic rings. The molecule has 0 aliphatic carbocycles. The standard InChI is InChI=1S/C20H21BrFNO3/c1-4-10-23(13-14-8-6-7-9-17(14)22)20(24)15-11-16(21)19(26-5-2)18(12-15)25-3/h4,6-9,11-12H,1,5,10,13H2,2-3H3. The molecule has 0 fully saturated rings. The van der Waals surface area contributed by atoms with Crippen LogP contribution in [0.4, 0.5) is 4.39 Å². The maximum absolute atomic E-state index is 14.0. The average molecular weight is 422 g/mol. The number of ether oxygens (including phenoxy) is 2. The fourth-order valence-electron chi connectivity index (χ4n) is 2.52. The van der Waals surface area contributed by atoms with Crippen LogP contribution in [0, 0.1) is 5.82 Å². The minimum Gasteiger partial charge on any atom is -0.493 e. The van der Waals surface area contributed by atoms with Crippen LogP contribution in [-0.2, 0) is 6.54 Å². The van der Waals surface area contributed by atoms with E-state index in [1.165, 1.54) is 18.1 Å². The lowest BCUT2D eigenvalue weighted by Crippen LogP contribution is -2.31. The van der Waals surface area contributed by atoms with Gasteiger partial charge >= 0.3 is 0 Å². The second-order valence-corrected chi connectivity index (χ2v) is 6.34. The molecule has 4 nitrogen and oxygen atoms in total. The van der Waals surface area contributed by atoms with Gasteiger partial charge in [-0.15, -0.1) is 6.58 Å². The Morgan fingerprint density at radius 2 is 2.08 bits per heavy atom. The minimum atomic E-state index is -0.347. The summed E-state index contributed by atoms with van der Waals surface area (Å²) in [5.74, 6) is 0.389. The van der Waals surface area contributed by atoms with Crippen LogP contribution in [0.25, 0.3) is 0 Å². The molecule has 0 atom stereocenters. The lowest BCUT2D eigenvalue weighted by molar-refractivity contribution is 0.0760. The summed E-state index contributed by atoms with van der Waals surface area (Å²) in [5.41, 5.74) is 0.857. The zero-order valence-electron chi connectivity index (χ0n) is 14.8. The van der Waals surface area contributed by atoms with Crippen molar-refractivity contribution in [2.45, 2.75) is 13.5 Å². The molecule has 0 aliphatic rings. The summed E-state index contributed by atoms with van der Waals surface area (Å²) in [6.45, 7) is 6.46. The van der Waals surface area contributed by atoms with Crippen LogP contribution in [0.1, 0.15) is 22.8 Å². The molecule has 2 rings (SSSR count). The van der Waals surface area contributed by atoms with Gasteiger partial charge in [0.05, 0.1) is 18.2 Å². The first kappa shape index (κ1) is 20.0. The van der Waals surface area contributed by atoms with Crippen LogP contribution in [-0.4, -0.2) is 31.1 Å². The third-order valence-corrected chi connectivity index (χ3v) is 4.31. The Hall–Kier alpha value is -2.34. The number of carbonyl (C=O) groups excluding carboxylic acids is 1. The van der Waals surface area contributed by atoms with E-state index in [9.17, 15) is 9.18 Å². The lowest BCUT2D eigenvalue weighted by Gasteiger charge is -2.22. The van der Waals surface area contributed by atoms with E-state index in [0.29, 0.717) is 40.3 Å². The zero-order chi connectivity index (χ0) is 19.1. The summed E-state index contributed by atoms with van der Waals surface area (Å²) in [6.07, 6.45) is 1.61. The molecular weight excluding hydrogens is 401 g/mol. The molecule has 0 N–H and O–H groups in total. The van der Waals surface area contributed by atoms with Gasteiger partial charge in [-0.3, -0.25) is 4.79 Å². The first-order valence-corrected chi connectivity index (χ1v) is 8.95. The van der Waals surface area contributed by atoms with Crippen molar-refractivity contribution in [2.75, 3.05) is 20.3 Å². The predicted molar refractivity (Wildman–Crippen MR) is 103 cm³/mol. The van der Waals surface area contributed by atoms with Crippen LogP contribution in [0.2, 0.25) is 0 Å². The molecule has 138 valence electrons. The highest BCUT2D eigenvalue weighted by Gasteiger charge is 2.20. The van der Waals surface area contributed by atoms with Gasteiger partial charge in [0.1, 0.15) is 5.82 Å². The van der Waals surface area contributed by atoms with E-state index in [4.69, 9.17) is 9.47 Å². The summed E-state index contributed by atoms with van der Waals surface area (Å²) in [4.78, 5) is 14.5. The summed E-state index contributed by atoms with van der Waals surface area (Å²) in [7, 11) is 1.51. The highest BCUT2D eigenvalue weighted by molar-refractivity contribution is 9.10. The Morgan fingerprint density at radius 1 is 1.35 bits per heavy atom. The van der Waals surface area contributed by atoms with Crippen molar-refractivity contribution in [1.29, 1.82) is 0 Å². The zero-order valence-corrected chi connectivity index (χ0v) is 16.4. The fourth-order valence-corrected chi connectivity index (χ4v) is 3.07. The topological polar surface area (TPSA) is 38.8 Å². The third kappa shape index (κ3) is 4.64.